The van der Waals surface area contributed by atoms with Crippen molar-refractivity contribution in [2.45, 2.75) is 18.9 Å². The third-order valence-corrected chi connectivity index (χ3v) is 6.25. The van der Waals surface area contributed by atoms with Crippen LogP contribution < -0.4 is 19.5 Å². The molecule has 1 aromatic carbocycles. The number of likely N-dealkylation sites (tertiary alicyclic amines) is 1. The van der Waals surface area contributed by atoms with Crippen molar-refractivity contribution in [1.82, 2.24) is 19.9 Å². The van der Waals surface area contributed by atoms with Crippen LogP contribution in [0.3, 0.4) is 0 Å². The summed E-state index contributed by atoms with van der Waals surface area (Å²) in [6, 6.07) is 9.26. The third kappa shape index (κ3) is 5.04. The molecule has 1 aliphatic rings. The fraction of sp³-hybridized carbons (Fsp3) is 0.259. The highest BCUT2D eigenvalue weighted by atomic mass is 16.5. The molecule has 1 fully saturated rings. The van der Waals surface area contributed by atoms with Crippen molar-refractivity contribution < 1.29 is 23.4 Å². The highest BCUT2D eigenvalue weighted by Gasteiger charge is 2.24. The SMILES string of the molecule is C=CC(=O)N1CCC(Oc2cc3c(Nc4cc(-c5ccco5)cnc4OC)ncnc3cc2OC)CC1. The summed E-state index contributed by atoms with van der Waals surface area (Å²) in [5, 5.41) is 4.07. The third-order valence-electron chi connectivity index (χ3n) is 6.25. The van der Waals surface area contributed by atoms with Crippen LogP contribution in [0.4, 0.5) is 11.5 Å². The summed E-state index contributed by atoms with van der Waals surface area (Å²) in [6.07, 6.45) is 7.48. The number of aromatic nitrogens is 3. The lowest BCUT2D eigenvalue weighted by atomic mass is 10.1. The average Bonchev–Trinajstić information content (AvgIpc) is 3.48. The van der Waals surface area contributed by atoms with E-state index in [4.69, 9.17) is 18.6 Å². The number of carbonyl (C=O) groups excluding carboxylic acids is 1. The maximum Gasteiger partial charge on any atom is 0.245 e. The second-order valence-corrected chi connectivity index (χ2v) is 8.47. The largest absolute Gasteiger partial charge is 0.493 e. The number of amides is 1. The summed E-state index contributed by atoms with van der Waals surface area (Å²) >= 11 is 0. The van der Waals surface area contributed by atoms with E-state index < -0.39 is 0 Å². The van der Waals surface area contributed by atoms with Gasteiger partial charge in [0.05, 0.1) is 26.0 Å². The Kier molecular flexibility index (Phi) is 6.89. The van der Waals surface area contributed by atoms with E-state index in [1.54, 1.807) is 31.6 Å². The smallest absolute Gasteiger partial charge is 0.245 e. The van der Waals surface area contributed by atoms with Crippen LogP contribution in [0.25, 0.3) is 22.2 Å². The van der Waals surface area contributed by atoms with Crippen molar-refractivity contribution in [1.29, 1.82) is 0 Å². The van der Waals surface area contributed by atoms with Crippen LogP contribution in [-0.4, -0.2) is 59.2 Å². The van der Waals surface area contributed by atoms with Crippen LogP contribution in [0.15, 0.2) is 66.2 Å². The summed E-state index contributed by atoms with van der Waals surface area (Å²) in [5.41, 5.74) is 2.09. The van der Waals surface area contributed by atoms with E-state index in [2.05, 4.69) is 26.8 Å². The Hall–Kier alpha value is -4.60. The van der Waals surface area contributed by atoms with Crippen LogP contribution in [0.5, 0.6) is 17.4 Å². The lowest BCUT2D eigenvalue weighted by Crippen LogP contribution is -2.41. The van der Waals surface area contributed by atoms with Gasteiger partial charge in [-0.05, 0) is 30.3 Å². The number of piperidine rings is 1. The normalized spacial score (nSPS) is 13.8. The molecular weight excluding hydrogens is 474 g/mol. The number of nitrogens with one attached hydrogen (secondary N) is 1. The summed E-state index contributed by atoms with van der Waals surface area (Å²) in [7, 11) is 3.15. The van der Waals surface area contributed by atoms with Gasteiger partial charge >= 0.3 is 0 Å². The van der Waals surface area contributed by atoms with Gasteiger partial charge in [0.25, 0.3) is 0 Å². The minimum atomic E-state index is -0.0597. The Morgan fingerprint density at radius 2 is 1.97 bits per heavy atom. The van der Waals surface area contributed by atoms with Gasteiger partial charge in [0.15, 0.2) is 11.5 Å². The van der Waals surface area contributed by atoms with Gasteiger partial charge in [-0.15, -0.1) is 0 Å². The first-order valence-electron chi connectivity index (χ1n) is 11.8. The Bertz CT molecular complexity index is 1410. The number of nitrogens with zero attached hydrogens (tertiary/aromatic N) is 4. The zero-order valence-electron chi connectivity index (χ0n) is 20.6. The maximum atomic E-state index is 11.9. The molecule has 0 unspecified atom stereocenters. The highest BCUT2D eigenvalue weighted by Crippen LogP contribution is 2.37. The fourth-order valence-corrected chi connectivity index (χ4v) is 4.33. The molecule has 4 aromatic rings. The van der Waals surface area contributed by atoms with Gasteiger partial charge in [0.1, 0.15) is 29.7 Å². The molecule has 0 spiro atoms. The maximum absolute atomic E-state index is 11.9. The number of carbonyl (C=O) groups is 1. The summed E-state index contributed by atoms with van der Waals surface area (Å²) in [6.45, 7) is 4.79. The molecule has 5 rings (SSSR count). The standard InChI is InChI=1S/C27H27N5O5/c1-4-25(33)32-9-7-18(8-10-32)37-24-13-19-20(14-23(24)34-2)29-16-30-26(19)31-21-12-17(15-28-27(21)35-3)22-6-5-11-36-22/h4-6,11-16,18H,1,7-10H2,2-3H3,(H,29,30,31). The molecule has 0 radical (unpaired) electrons. The molecule has 0 aliphatic carbocycles. The number of benzene rings is 1. The Balaban J connectivity index is 1.45. The van der Waals surface area contributed by atoms with Crippen LogP contribution in [0, 0.1) is 0 Å². The van der Waals surface area contributed by atoms with Crippen LogP contribution in [0.2, 0.25) is 0 Å². The van der Waals surface area contributed by atoms with Gasteiger partial charge in [0, 0.05) is 49.1 Å². The number of rotatable bonds is 8. The molecule has 37 heavy (non-hydrogen) atoms. The number of furan rings is 1. The van der Waals surface area contributed by atoms with Crippen LogP contribution >= 0.6 is 0 Å². The van der Waals surface area contributed by atoms with E-state index in [1.165, 1.54) is 12.4 Å². The quantitative estimate of drug-likeness (QED) is 0.346. The van der Waals surface area contributed by atoms with E-state index in [9.17, 15) is 4.79 Å². The molecule has 10 nitrogen and oxygen atoms in total. The average molecular weight is 502 g/mol. The molecule has 1 amide bonds. The number of methoxy groups -OCH3 is 2. The lowest BCUT2D eigenvalue weighted by molar-refractivity contribution is -0.127. The first-order chi connectivity index (χ1) is 18.1. The monoisotopic (exact) mass is 501 g/mol. The topological polar surface area (TPSA) is 112 Å². The Morgan fingerprint density at radius 1 is 1.14 bits per heavy atom. The lowest BCUT2D eigenvalue weighted by Gasteiger charge is -2.31. The molecule has 1 N–H and O–H groups in total. The zero-order chi connectivity index (χ0) is 25.8. The van der Waals surface area contributed by atoms with Gasteiger partial charge in [-0.1, -0.05) is 6.58 Å². The van der Waals surface area contributed by atoms with Crippen molar-refractivity contribution in [3.8, 4) is 28.7 Å². The molecule has 0 atom stereocenters. The summed E-state index contributed by atoms with van der Waals surface area (Å²) in [5.74, 6) is 2.74. The molecule has 190 valence electrons. The molecule has 10 heteroatoms. The van der Waals surface area contributed by atoms with Crippen molar-refractivity contribution in [2.24, 2.45) is 0 Å². The number of hydrogen-bond donors (Lipinski definition) is 1. The number of fused-ring (bicyclic) bond motifs is 1. The van der Waals surface area contributed by atoms with Crippen molar-refractivity contribution in [2.75, 3.05) is 32.6 Å². The van der Waals surface area contributed by atoms with Gasteiger partial charge in [-0.25, -0.2) is 15.0 Å². The van der Waals surface area contributed by atoms with E-state index in [0.717, 1.165) is 10.9 Å². The second kappa shape index (κ2) is 10.6. The summed E-state index contributed by atoms with van der Waals surface area (Å²) in [4.78, 5) is 27.0. The van der Waals surface area contributed by atoms with E-state index in [1.807, 2.05) is 30.3 Å². The number of ether oxygens (including phenoxy) is 3. The van der Waals surface area contributed by atoms with Gasteiger partial charge in [0.2, 0.25) is 11.8 Å². The predicted molar refractivity (Wildman–Crippen MR) is 138 cm³/mol. The van der Waals surface area contributed by atoms with Crippen LogP contribution in [0.1, 0.15) is 12.8 Å². The van der Waals surface area contributed by atoms with Gasteiger partial charge < -0.3 is 28.8 Å². The van der Waals surface area contributed by atoms with Crippen molar-refractivity contribution in [3.63, 3.8) is 0 Å². The number of anilines is 2. The van der Waals surface area contributed by atoms with Gasteiger partial charge in [-0.3, -0.25) is 4.79 Å². The zero-order valence-corrected chi connectivity index (χ0v) is 20.6. The number of pyridine rings is 1. The van der Waals surface area contributed by atoms with E-state index in [0.29, 0.717) is 66.1 Å². The van der Waals surface area contributed by atoms with E-state index >= 15 is 0 Å². The van der Waals surface area contributed by atoms with Crippen molar-refractivity contribution >= 4 is 28.3 Å². The molecule has 0 bridgehead atoms. The van der Waals surface area contributed by atoms with Crippen molar-refractivity contribution in [3.05, 3.63) is 61.8 Å². The molecule has 4 heterocycles. The minimum absolute atomic E-state index is 0.0596. The Labute approximate surface area is 213 Å². The predicted octanol–water partition coefficient (Wildman–Crippen LogP) is 4.60. The molecule has 0 saturated carbocycles. The molecule has 3 aromatic heterocycles. The molecule has 1 saturated heterocycles. The fourth-order valence-electron chi connectivity index (χ4n) is 4.33. The first-order valence-corrected chi connectivity index (χ1v) is 11.8. The minimum Gasteiger partial charge on any atom is -0.493 e. The summed E-state index contributed by atoms with van der Waals surface area (Å²) < 4.78 is 22.9. The molecular formula is C27H27N5O5. The molecule has 1 aliphatic heterocycles. The first kappa shape index (κ1) is 24.1. The van der Waals surface area contributed by atoms with Crippen LogP contribution in [-0.2, 0) is 4.79 Å². The highest BCUT2D eigenvalue weighted by molar-refractivity contribution is 5.93. The van der Waals surface area contributed by atoms with E-state index in [-0.39, 0.29) is 12.0 Å². The Morgan fingerprint density at radius 3 is 2.68 bits per heavy atom. The second-order valence-electron chi connectivity index (χ2n) is 8.47. The number of hydrogen-bond acceptors (Lipinski definition) is 9. The van der Waals surface area contributed by atoms with Gasteiger partial charge in [-0.2, -0.15) is 0 Å².